The van der Waals surface area contributed by atoms with Gasteiger partial charge in [-0.1, -0.05) is 48.5 Å². The summed E-state index contributed by atoms with van der Waals surface area (Å²) in [6.07, 6.45) is 0.827. The predicted octanol–water partition coefficient (Wildman–Crippen LogP) is 4.06. The Labute approximate surface area is 125 Å². The molecule has 3 nitrogen and oxygen atoms in total. The molecule has 0 fully saturated rings. The first kappa shape index (κ1) is 14.6. The van der Waals surface area contributed by atoms with Crippen LogP contribution < -0.4 is 4.90 Å². The number of anilines is 1. The summed E-state index contributed by atoms with van der Waals surface area (Å²) in [5, 5.41) is 18.1. The summed E-state index contributed by atoms with van der Waals surface area (Å²) in [6, 6.07) is 24.4. The van der Waals surface area contributed by atoms with E-state index in [0.29, 0.717) is 19.4 Å². The van der Waals surface area contributed by atoms with Gasteiger partial charge in [-0.2, -0.15) is 10.5 Å². The third-order valence-electron chi connectivity index (χ3n) is 3.40. The number of nitriles is 2. The number of para-hydroxylation sites is 1. The van der Waals surface area contributed by atoms with Gasteiger partial charge in [0.1, 0.15) is 0 Å². The molecule has 2 aromatic rings. The summed E-state index contributed by atoms with van der Waals surface area (Å²) >= 11 is 0. The van der Waals surface area contributed by atoms with Gasteiger partial charge in [0.2, 0.25) is 0 Å². The lowest BCUT2D eigenvalue weighted by molar-refractivity contribution is 0.635. The van der Waals surface area contributed by atoms with Gasteiger partial charge < -0.3 is 4.90 Å². The van der Waals surface area contributed by atoms with Crippen LogP contribution in [-0.4, -0.2) is 6.54 Å². The predicted molar refractivity (Wildman–Crippen MR) is 83.4 cm³/mol. The molecule has 1 atom stereocenters. The van der Waals surface area contributed by atoms with E-state index >= 15 is 0 Å². The minimum Gasteiger partial charge on any atom is -0.362 e. The molecule has 0 aliphatic carbocycles. The van der Waals surface area contributed by atoms with Crippen molar-refractivity contribution in [3.8, 4) is 12.1 Å². The third kappa shape index (κ3) is 3.84. The average Bonchev–Trinajstić information content (AvgIpc) is 2.56. The lowest BCUT2D eigenvalue weighted by Gasteiger charge is -2.32. The summed E-state index contributed by atoms with van der Waals surface area (Å²) < 4.78 is 0. The van der Waals surface area contributed by atoms with Crippen LogP contribution in [0.2, 0.25) is 0 Å². The van der Waals surface area contributed by atoms with E-state index in [2.05, 4.69) is 17.0 Å². The van der Waals surface area contributed by atoms with Crippen LogP contribution in [0.3, 0.4) is 0 Å². The molecule has 0 heterocycles. The highest BCUT2D eigenvalue weighted by Gasteiger charge is 2.20. The summed E-state index contributed by atoms with van der Waals surface area (Å²) in [5.41, 5.74) is 2.14. The van der Waals surface area contributed by atoms with Crippen molar-refractivity contribution >= 4 is 5.69 Å². The van der Waals surface area contributed by atoms with Gasteiger partial charge in [0, 0.05) is 12.2 Å². The van der Waals surface area contributed by atoms with E-state index in [1.807, 2.05) is 60.7 Å². The van der Waals surface area contributed by atoms with Crippen LogP contribution in [0, 0.1) is 22.7 Å². The first-order valence-corrected chi connectivity index (χ1v) is 6.97. The third-order valence-corrected chi connectivity index (χ3v) is 3.40. The van der Waals surface area contributed by atoms with Gasteiger partial charge in [0.05, 0.1) is 31.0 Å². The first-order valence-electron chi connectivity index (χ1n) is 6.97. The highest BCUT2D eigenvalue weighted by molar-refractivity contribution is 5.49. The number of hydrogen-bond acceptors (Lipinski definition) is 3. The Morgan fingerprint density at radius 2 is 1.48 bits per heavy atom. The monoisotopic (exact) mass is 275 g/mol. The normalized spacial score (nSPS) is 11.1. The van der Waals surface area contributed by atoms with Crippen LogP contribution in [0.5, 0.6) is 0 Å². The van der Waals surface area contributed by atoms with Crippen molar-refractivity contribution in [3.05, 3.63) is 66.2 Å². The molecule has 1 unspecified atom stereocenters. The fraction of sp³-hybridized carbons (Fsp3) is 0.222. The molecule has 0 aliphatic rings. The Balaban J connectivity index is 2.36. The van der Waals surface area contributed by atoms with Crippen molar-refractivity contribution in [2.75, 3.05) is 11.4 Å². The smallest absolute Gasteiger partial charge is 0.0672 e. The molecule has 104 valence electrons. The molecule has 2 aromatic carbocycles. The molecule has 0 aliphatic heterocycles. The highest BCUT2D eigenvalue weighted by atomic mass is 15.2. The average molecular weight is 275 g/mol. The van der Waals surface area contributed by atoms with Gasteiger partial charge in [0.25, 0.3) is 0 Å². The molecule has 0 saturated heterocycles. The van der Waals surface area contributed by atoms with Crippen LogP contribution in [0.1, 0.15) is 24.4 Å². The maximum atomic E-state index is 9.18. The minimum atomic E-state index is -0.0352. The maximum absolute atomic E-state index is 9.18. The number of rotatable bonds is 6. The fourth-order valence-corrected chi connectivity index (χ4v) is 2.42. The molecule has 0 spiro atoms. The summed E-state index contributed by atoms with van der Waals surface area (Å²) in [4.78, 5) is 2.14. The Bertz CT molecular complexity index is 623. The van der Waals surface area contributed by atoms with Crippen LogP contribution in [0.25, 0.3) is 0 Å². The largest absolute Gasteiger partial charge is 0.362 e. The molecule has 21 heavy (non-hydrogen) atoms. The first-order chi connectivity index (χ1) is 10.4. The zero-order valence-corrected chi connectivity index (χ0v) is 11.8. The van der Waals surface area contributed by atoms with Gasteiger partial charge in [0.15, 0.2) is 0 Å². The summed E-state index contributed by atoms with van der Waals surface area (Å²) in [5.74, 6) is 0. The molecule has 3 heteroatoms. The van der Waals surface area contributed by atoms with Crippen molar-refractivity contribution in [2.45, 2.75) is 18.9 Å². The van der Waals surface area contributed by atoms with Crippen LogP contribution >= 0.6 is 0 Å². The van der Waals surface area contributed by atoms with Crippen molar-refractivity contribution in [2.24, 2.45) is 0 Å². The second kappa shape index (κ2) is 7.72. The van der Waals surface area contributed by atoms with E-state index in [1.54, 1.807) is 0 Å². The Kier molecular flexibility index (Phi) is 5.38. The number of nitrogens with zero attached hydrogens (tertiary/aromatic N) is 3. The molecule has 0 bridgehead atoms. The summed E-state index contributed by atoms with van der Waals surface area (Å²) in [6.45, 7) is 0.613. The SMILES string of the molecule is N#CCCN(c1ccccc1)C(CC#N)c1ccccc1. The topological polar surface area (TPSA) is 50.8 Å². The van der Waals surface area contributed by atoms with Crippen LogP contribution in [0.4, 0.5) is 5.69 Å². The van der Waals surface area contributed by atoms with Gasteiger partial charge in [-0.3, -0.25) is 0 Å². The standard InChI is InChI=1S/C18H17N3/c19-13-7-15-21(17-10-5-2-6-11-17)18(12-14-20)16-8-3-1-4-9-16/h1-6,8-11,18H,7,12,15H2. The Hall–Kier alpha value is -2.78. The van der Waals surface area contributed by atoms with Gasteiger partial charge in [-0.15, -0.1) is 0 Å². The second-order valence-electron chi connectivity index (χ2n) is 4.73. The van der Waals surface area contributed by atoms with E-state index in [-0.39, 0.29) is 6.04 Å². The van der Waals surface area contributed by atoms with E-state index < -0.39 is 0 Å². The molecule has 0 radical (unpaired) electrons. The molecular weight excluding hydrogens is 258 g/mol. The van der Waals surface area contributed by atoms with Gasteiger partial charge in [-0.05, 0) is 17.7 Å². The zero-order chi connectivity index (χ0) is 14.9. The molecular formula is C18H17N3. The van der Waals surface area contributed by atoms with E-state index in [1.165, 1.54) is 0 Å². The minimum absolute atomic E-state index is 0.0352. The molecule has 0 N–H and O–H groups in total. The number of hydrogen-bond donors (Lipinski definition) is 0. The van der Waals surface area contributed by atoms with Gasteiger partial charge in [-0.25, -0.2) is 0 Å². The highest BCUT2D eigenvalue weighted by Crippen LogP contribution is 2.29. The van der Waals surface area contributed by atoms with Crippen LogP contribution in [0.15, 0.2) is 60.7 Å². The van der Waals surface area contributed by atoms with E-state index in [9.17, 15) is 5.26 Å². The van der Waals surface area contributed by atoms with E-state index in [0.717, 1.165) is 11.3 Å². The Morgan fingerprint density at radius 1 is 0.857 bits per heavy atom. The van der Waals surface area contributed by atoms with Crippen molar-refractivity contribution in [3.63, 3.8) is 0 Å². The van der Waals surface area contributed by atoms with Crippen molar-refractivity contribution in [1.82, 2.24) is 0 Å². The summed E-state index contributed by atoms with van der Waals surface area (Å²) in [7, 11) is 0. The number of benzene rings is 2. The Morgan fingerprint density at radius 3 is 2.05 bits per heavy atom. The van der Waals surface area contributed by atoms with E-state index in [4.69, 9.17) is 5.26 Å². The quantitative estimate of drug-likeness (QED) is 0.798. The lowest BCUT2D eigenvalue weighted by Crippen LogP contribution is -2.29. The van der Waals surface area contributed by atoms with Crippen molar-refractivity contribution in [1.29, 1.82) is 10.5 Å². The second-order valence-corrected chi connectivity index (χ2v) is 4.73. The zero-order valence-electron chi connectivity index (χ0n) is 11.8. The van der Waals surface area contributed by atoms with Crippen molar-refractivity contribution < 1.29 is 0 Å². The molecule has 0 aromatic heterocycles. The molecule has 2 rings (SSSR count). The fourth-order valence-electron chi connectivity index (χ4n) is 2.42. The lowest BCUT2D eigenvalue weighted by atomic mass is 10.0. The van der Waals surface area contributed by atoms with Crippen LogP contribution in [-0.2, 0) is 0 Å². The molecule has 0 saturated carbocycles. The van der Waals surface area contributed by atoms with Gasteiger partial charge >= 0.3 is 0 Å². The molecule has 0 amide bonds. The maximum Gasteiger partial charge on any atom is 0.0672 e.